The Hall–Kier alpha value is -2.17. The van der Waals surface area contributed by atoms with Gasteiger partial charge in [0.15, 0.2) is 0 Å². The first-order valence-electron chi connectivity index (χ1n) is 6.54. The highest BCUT2D eigenvalue weighted by atomic mass is 16.4. The first-order valence-corrected chi connectivity index (χ1v) is 6.54. The van der Waals surface area contributed by atoms with Crippen LogP contribution < -0.4 is 5.32 Å². The molecule has 0 aliphatic rings. The lowest BCUT2D eigenvalue weighted by Gasteiger charge is -2.13. The normalized spacial score (nSPS) is 11.7. The number of ketones is 1. The van der Waals surface area contributed by atoms with Crippen molar-refractivity contribution < 1.29 is 19.5 Å². The summed E-state index contributed by atoms with van der Waals surface area (Å²) in [7, 11) is 0. The minimum absolute atomic E-state index is 0.0882. The summed E-state index contributed by atoms with van der Waals surface area (Å²) in [6.07, 6.45) is 1.07. The number of carbonyl (C=O) groups excluding carboxylic acids is 2. The van der Waals surface area contributed by atoms with E-state index in [1.165, 1.54) is 6.92 Å². The van der Waals surface area contributed by atoms with Gasteiger partial charge in [-0.1, -0.05) is 30.3 Å². The molecule has 0 fully saturated rings. The van der Waals surface area contributed by atoms with Crippen LogP contribution in [0.4, 0.5) is 0 Å². The van der Waals surface area contributed by atoms with Crippen molar-refractivity contribution in [1.82, 2.24) is 5.32 Å². The van der Waals surface area contributed by atoms with E-state index in [0.29, 0.717) is 6.42 Å². The van der Waals surface area contributed by atoms with Crippen molar-refractivity contribution in [3.05, 3.63) is 35.9 Å². The lowest BCUT2D eigenvalue weighted by atomic mass is 10.1. The predicted octanol–water partition coefficient (Wildman–Crippen LogP) is 1.56. The summed E-state index contributed by atoms with van der Waals surface area (Å²) in [6, 6.07) is 8.50. The standard InChI is InChI=1S/C15H19NO4/c1-11(17)7-9-13(15(19)20)16-14(18)10-8-12-5-3-2-4-6-12/h2-6,13H,7-10H2,1H3,(H,16,18)(H,19,20). The zero-order chi connectivity index (χ0) is 15.0. The monoisotopic (exact) mass is 277 g/mol. The zero-order valence-corrected chi connectivity index (χ0v) is 11.5. The summed E-state index contributed by atoms with van der Waals surface area (Å²) in [4.78, 5) is 33.6. The summed E-state index contributed by atoms with van der Waals surface area (Å²) in [6.45, 7) is 1.40. The highest BCUT2D eigenvalue weighted by Gasteiger charge is 2.19. The van der Waals surface area contributed by atoms with Crippen LogP contribution in [0.3, 0.4) is 0 Å². The molecule has 5 nitrogen and oxygen atoms in total. The van der Waals surface area contributed by atoms with Crippen LogP contribution in [0.2, 0.25) is 0 Å². The fourth-order valence-electron chi connectivity index (χ4n) is 1.77. The molecular weight excluding hydrogens is 258 g/mol. The van der Waals surface area contributed by atoms with Crippen LogP contribution in [-0.2, 0) is 20.8 Å². The second-order valence-electron chi connectivity index (χ2n) is 4.68. The van der Waals surface area contributed by atoms with E-state index in [1.54, 1.807) is 0 Å². The maximum atomic E-state index is 11.7. The first-order chi connectivity index (χ1) is 9.49. The molecule has 1 amide bonds. The molecule has 0 bridgehead atoms. The molecule has 20 heavy (non-hydrogen) atoms. The van der Waals surface area contributed by atoms with E-state index in [2.05, 4.69) is 5.32 Å². The summed E-state index contributed by atoms with van der Waals surface area (Å²) in [5.41, 5.74) is 1.03. The molecule has 0 radical (unpaired) electrons. The van der Waals surface area contributed by atoms with Crippen molar-refractivity contribution in [2.75, 3.05) is 0 Å². The Bertz CT molecular complexity index is 470. The SMILES string of the molecule is CC(=O)CCC(NC(=O)CCc1ccccc1)C(=O)O. The Morgan fingerprint density at radius 3 is 2.35 bits per heavy atom. The van der Waals surface area contributed by atoms with Gasteiger partial charge in [-0.15, -0.1) is 0 Å². The van der Waals surface area contributed by atoms with E-state index in [1.807, 2.05) is 30.3 Å². The van der Waals surface area contributed by atoms with Gasteiger partial charge in [-0.3, -0.25) is 4.79 Å². The topological polar surface area (TPSA) is 83.5 Å². The molecule has 5 heteroatoms. The fraction of sp³-hybridized carbons (Fsp3) is 0.400. The fourth-order valence-corrected chi connectivity index (χ4v) is 1.77. The molecule has 0 saturated heterocycles. The molecule has 0 heterocycles. The zero-order valence-electron chi connectivity index (χ0n) is 11.5. The van der Waals surface area contributed by atoms with Crippen molar-refractivity contribution in [2.45, 2.75) is 38.6 Å². The number of benzene rings is 1. The van der Waals surface area contributed by atoms with Gasteiger partial charge in [0.25, 0.3) is 0 Å². The maximum Gasteiger partial charge on any atom is 0.326 e. The Morgan fingerprint density at radius 2 is 1.80 bits per heavy atom. The van der Waals surface area contributed by atoms with Gasteiger partial charge in [0.2, 0.25) is 5.91 Å². The number of carboxylic acid groups (broad SMARTS) is 1. The lowest BCUT2D eigenvalue weighted by Crippen LogP contribution is -2.41. The van der Waals surface area contributed by atoms with Gasteiger partial charge < -0.3 is 15.2 Å². The van der Waals surface area contributed by atoms with E-state index in [0.717, 1.165) is 5.56 Å². The molecule has 1 rings (SSSR count). The maximum absolute atomic E-state index is 11.7. The number of Topliss-reactive ketones (excluding diaryl/α,β-unsaturated/α-hetero) is 1. The van der Waals surface area contributed by atoms with E-state index in [4.69, 9.17) is 5.11 Å². The second kappa shape index (κ2) is 8.09. The average molecular weight is 277 g/mol. The number of rotatable bonds is 8. The summed E-state index contributed by atoms with van der Waals surface area (Å²) in [5, 5.41) is 11.4. The summed E-state index contributed by atoms with van der Waals surface area (Å²) < 4.78 is 0. The molecule has 0 spiro atoms. The molecule has 2 N–H and O–H groups in total. The van der Waals surface area contributed by atoms with Crippen molar-refractivity contribution in [2.24, 2.45) is 0 Å². The third-order valence-electron chi connectivity index (χ3n) is 2.90. The Labute approximate surface area is 118 Å². The van der Waals surface area contributed by atoms with Crippen molar-refractivity contribution in [3.63, 3.8) is 0 Å². The molecule has 0 saturated carbocycles. The molecule has 0 aliphatic carbocycles. The lowest BCUT2D eigenvalue weighted by molar-refractivity contribution is -0.142. The number of amides is 1. The van der Waals surface area contributed by atoms with E-state index in [-0.39, 0.29) is 31.0 Å². The molecule has 1 aromatic rings. The van der Waals surface area contributed by atoms with Gasteiger partial charge in [0.1, 0.15) is 11.8 Å². The number of carbonyl (C=O) groups is 3. The van der Waals surface area contributed by atoms with Crippen LogP contribution in [0.1, 0.15) is 31.7 Å². The number of nitrogens with one attached hydrogen (secondary N) is 1. The van der Waals surface area contributed by atoms with E-state index < -0.39 is 12.0 Å². The van der Waals surface area contributed by atoms with Crippen LogP contribution in [0.5, 0.6) is 0 Å². The quantitative estimate of drug-likeness (QED) is 0.755. The van der Waals surface area contributed by atoms with Crippen LogP contribution in [-0.4, -0.2) is 28.8 Å². The number of hydrogen-bond acceptors (Lipinski definition) is 3. The number of aryl methyl sites for hydroxylation is 1. The highest BCUT2D eigenvalue weighted by Crippen LogP contribution is 2.04. The minimum Gasteiger partial charge on any atom is -0.480 e. The largest absolute Gasteiger partial charge is 0.480 e. The van der Waals surface area contributed by atoms with Crippen LogP contribution >= 0.6 is 0 Å². The average Bonchev–Trinajstić information content (AvgIpc) is 2.41. The number of hydrogen-bond donors (Lipinski definition) is 2. The molecule has 1 aromatic carbocycles. The summed E-state index contributed by atoms with van der Waals surface area (Å²) >= 11 is 0. The molecule has 0 aromatic heterocycles. The Morgan fingerprint density at radius 1 is 1.15 bits per heavy atom. The number of carboxylic acids is 1. The highest BCUT2D eigenvalue weighted by molar-refractivity contribution is 5.84. The third kappa shape index (κ3) is 6.13. The van der Waals surface area contributed by atoms with Crippen LogP contribution in [0, 0.1) is 0 Å². The third-order valence-corrected chi connectivity index (χ3v) is 2.90. The van der Waals surface area contributed by atoms with Gasteiger partial charge in [0, 0.05) is 12.8 Å². The Balaban J connectivity index is 2.41. The van der Waals surface area contributed by atoms with E-state index >= 15 is 0 Å². The Kier molecular flexibility index (Phi) is 6.43. The van der Waals surface area contributed by atoms with Gasteiger partial charge >= 0.3 is 5.97 Å². The summed E-state index contributed by atoms with van der Waals surface area (Å²) in [5.74, 6) is -1.51. The van der Waals surface area contributed by atoms with Gasteiger partial charge in [-0.25, -0.2) is 4.79 Å². The molecule has 1 unspecified atom stereocenters. The van der Waals surface area contributed by atoms with E-state index in [9.17, 15) is 14.4 Å². The second-order valence-corrected chi connectivity index (χ2v) is 4.68. The predicted molar refractivity (Wildman–Crippen MR) is 74.2 cm³/mol. The molecular formula is C15H19NO4. The van der Waals surface area contributed by atoms with Gasteiger partial charge in [0.05, 0.1) is 0 Å². The van der Waals surface area contributed by atoms with Crippen LogP contribution in [0.25, 0.3) is 0 Å². The van der Waals surface area contributed by atoms with Gasteiger partial charge in [-0.05, 0) is 25.3 Å². The van der Waals surface area contributed by atoms with Crippen molar-refractivity contribution in [3.8, 4) is 0 Å². The van der Waals surface area contributed by atoms with Gasteiger partial charge in [-0.2, -0.15) is 0 Å². The first kappa shape index (κ1) is 15.9. The molecule has 1 atom stereocenters. The number of aliphatic carboxylic acids is 1. The van der Waals surface area contributed by atoms with Crippen molar-refractivity contribution >= 4 is 17.7 Å². The van der Waals surface area contributed by atoms with Crippen LogP contribution in [0.15, 0.2) is 30.3 Å². The smallest absolute Gasteiger partial charge is 0.326 e. The van der Waals surface area contributed by atoms with Crippen molar-refractivity contribution in [1.29, 1.82) is 0 Å². The molecule has 0 aliphatic heterocycles. The minimum atomic E-state index is -1.11. The molecule has 108 valence electrons.